The molecule has 1 N–H and O–H groups in total. The van der Waals surface area contributed by atoms with Gasteiger partial charge in [-0.25, -0.2) is 0 Å². The van der Waals surface area contributed by atoms with E-state index in [4.69, 9.17) is 0 Å². The first-order valence-electron chi connectivity index (χ1n) is 6.68. The fraction of sp³-hybridized carbons (Fsp3) is 0.312. The smallest absolute Gasteiger partial charge is 0.220 e. The number of carbonyl (C=O) groups is 1. The van der Waals surface area contributed by atoms with Crippen LogP contribution in [-0.4, -0.2) is 11.9 Å². The van der Waals surface area contributed by atoms with Crippen molar-refractivity contribution >= 4 is 33.2 Å². The lowest BCUT2D eigenvalue weighted by Gasteiger charge is -2.14. The van der Waals surface area contributed by atoms with Gasteiger partial charge in [-0.15, -0.1) is 0 Å². The van der Waals surface area contributed by atoms with Crippen molar-refractivity contribution < 1.29 is 4.79 Å². The molecule has 2 nitrogen and oxygen atoms in total. The minimum atomic E-state index is 0.126. The maximum absolute atomic E-state index is 11.9. The minimum Gasteiger partial charge on any atom is -0.353 e. The summed E-state index contributed by atoms with van der Waals surface area (Å²) in [5.74, 6) is 0.126. The standard InChI is InChI=1S/C16H18BrNOS/c1-12(10-13-2-5-15(17)6-3-13)18-16(19)7-4-14-8-9-20-11-14/h2-3,5-6,8-9,11-12H,4,7,10H2,1H3,(H,18,19). The van der Waals surface area contributed by atoms with E-state index >= 15 is 0 Å². The Balaban J connectivity index is 1.74. The summed E-state index contributed by atoms with van der Waals surface area (Å²) < 4.78 is 1.08. The van der Waals surface area contributed by atoms with Gasteiger partial charge < -0.3 is 5.32 Å². The number of aryl methyl sites for hydroxylation is 1. The lowest BCUT2D eigenvalue weighted by Crippen LogP contribution is -2.34. The summed E-state index contributed by atoms with van der Waals surface area (Å²) in [6.45, 7) is 2.05. The zero-order valence-corrected chi connectivity index (χ0v) is 13.8. The second-order valence-electron chi connectivity index (χ2n) is 4.93. The molecule has 1 aromatic carbocycles. The predicted octanol–water partition coefficient (Wildman–Crippen LogP) is 4.19. The summed E-state index contributed by atoms with van der Waals surface area (Å²) in [6.07, 6.45) is 2.24. The molecule has 1 unspecified atom stereocenters. The van der Waals surface area contributed by atoms with Gasteiger partial charge in [0, 0.05) is 16.9 Å². The average molecular weight is 352 g/mol. The maximum atomic E-state index is 11.9. The van der Waals surface area contributed by atoms with Crippen LogP contribution in [0.2, 0.25) is 0 Å². The second kappa shape index (κ2) is 7.60. The molecular weight excluding hydrogens is 334 g/mol. The lowest BCUT2D eigenvalue weighted by atomic mass is 10.1. The van der Waals surface area contributed by atoms with Crippen molar-refractivity contribution in [3.8, 4) is 0 Å². The fourth-order valence-electron chi connectivity index (χ4n) is 2.06. The summed E-state index contributed by atoms with van der Waals surface area (Å²) >= 11 is 5.09. The normalized spacial score (nSPS) is 12.1. The van der Waals surface area contributed by atoms with Crippen molar-refractivity contribution in [3.63, 3.8) is 0 Å². The molecule has 1 amide bonds. The Morgan fingerprint density at radius 3 is 2.65 bits per heavy atom. The van der Waals surface area contributed by atoms with Crippen molar-refractivity contribution in [3.05, 3.63) is 56.7 Å². The van der Waals surface area contributed by atoms with E-state index in [1.165, 1.54) is 11.1 Å². The molecule has 1 heterocycles. The largest absolute Gasteiger partial charge is 0.353 e. The summed E-state index contributed by atoms with van der Waals surface area (Å²) in [5.41, 5.74) is 2.48. The minimum absolute atomic E-state index is 0.126. The molecule has 0 aliphatic carbocycles. The molecule has 106 valence electrons. The first-order chi connectivity index (χ1) is 9.63. The van der Waals surface area contributed by atoms with Crippen LogP contribution in [-0.2, 0) is 17.6 Å². The number of amides is 1. The zero-order chi connectivity index (χ0) is 14.4. The first kappa shape index (κ1) is 15.3. The third kappa shape index (κ3) is 5.10. The molecule has 0 radical (unpaired) electrons. The summed E-state index contributed by atoms with van der Waals surface area (Å²) in [7, 11) is 0. The Bertz CT molecular complexity index is 536. The van der Waals surface area contributed by atoms with Gasteiger partial charge in [0.25, 0.3) is 0 Å². The number of carbonyl (C=O) groups excluding carboxylic acids is 1. The van der Waals surface area contributed by atoms with Crippen LogP contribution in [0.5, 0.6) is 0 Å². The van der Waals surface area contributed by atoms with E-state index in [2.05, 4.69) is 44.8 Å². The molecule has 0 bridgehead atoms. The number of halogens is 1. The number of nitrogens with one attached hydrogen (secondary N) is 1. The molecule has 20 heavy (non-hydrogen) atoms. The average Bonchev–Trinajstić information content (AvgIpc) is 2.92. The van der Waals surface area contributed by atoms with E-state index in [9.17, 15) is 4.79 Å². The third-order valence-corrected chi connectivity index (χ3v) is 4.34. The fourth-order valence-corrected chi connectivity index (χ4v) is 3.03. The third-order valence-electron chi connectivity index (χ3n) is 3.08. The Kier molecular flexibility index (Phi) is 5.80. The molecule has 2 rings (SSSR count). The van der Waals surface area contributed by atoms with Crippen LogP contribution in [0.3, 0.4) is 0 Å². The monoisotopic (exact) mass is 351 g/mol. The highest BCUT2D eigenvalue weighted by atomic mass is 79.9. The Morgan fingerprint density at radius 2 is 2.00 bits per heavy atom. The maximum Gasteiger partial charge on any atom is 0.220 e. The number of benzene rings is 1. The molecule has 1 aromatic heterocycles. The Morgan fingerprint density at radius 1 is 1.25 bits per heavy atom. The van der Waals surface area contributed by atoms with E-state index in [1.807, 2.05) is 24.4 Å². The van der Waals surface area contributed by atoms with Crippen molar-refractivity contribution in [2.45, 2.75) is 32.2 Å². The Labute approximate surface area is 132 Å². The number of hydrogen-bond acceptors (Lipinski definition) is 2. The van der Waals surface area contributed by atoms with Gasteiger partial charge in [-0.2, -0.15) is 11.3 Å². The number of hydrogen-bond donors (Lipinski definition) is 1. The van der Waals surface area contributed by atoms with Crippen molar-refractivity contribution in [2.24, 2.45) is 0 Å². The molecule has 2 aromatic rings. The van der Waals surface area contributed by atoms with E-state index in [0.717, 1.165) is 17.3 Å². The highest BCUT2D eigenvalue weighted by Gasteiger charge is 2.08. The molecule has 0 aliphatic rings. The zero-order valence-electron chi connectivity index (χ0n) is 11.4. The van der Waals surface area contributed by atoms with Gasteiger partial charge in [0.05, 0.1) is 0 Å². The van der Waals surface area contributed by atoms with E-state index in [0.29, 0.717) is 6.42 Å². The van der Waals surface area contributed by atoms with E-state index in [1.54, 1.807) is 11.3 Å². The van der Waals surface area contributed by atoms with Gasteiger partial charge in [0.1, 0.15) is 0 Å². The van der Waals surface area contributed by atoms with Gasteiger partial charge in [-0.1, -0.05) is 28.1 Å². The van der Waals surface area contributed by atoms with Crippen LogP contribution in [0.4, 0.5) is 0 Å². The van der Waals surface area contributed by atoms with Crippen LogP contribution in [0, 0.1) is 0 Å². The topological polar surface area (TPSA) is 29.1 Å². The molecule has 0 fully saturated rings. The van der Waals surface area contributed by atoms with Gasteiger partial charge in [0.15, 0.2) is 0 Å². The second-order valence-corrected chi connectivity index (χ2v) is 6.63. The van der Waals surface area contributed by atoms with Crippen LogP contribution in [0.1, 0.15) is 24.5 Å². The molecule has 0 saturated heterocycles. The SMILES string of the molecule is CC(Cc1ccc(Br)cc1)NC(=O)CCc1ccsc1. The van der Waals surface area contributed by atoms with Gasteiger partial charge in [-0.3, -0.25) is 4.79 Å². The highest BCUT2D eigenvalue weighted by molar-refractivity contribution is 9.10. The molecule has 0 spiro atoms. The number of thiophene rings is 1. The molecule has 0 saturated carbocycles. The molecule has 0 aliphatic heterocycles. The van der Waals surface area contributed by atoms with E-state index in [-0.39, 0.29) is 11.9 Å². The van der Waals surface area contributed by atoms with Gasteiger partial charge in [-0.05, 0) is 59.9 Å². The van der Waals surface area contributed by atoms with Crippen LogP contribution < -0.4 is 5.32 Å². The molecular formula is C16H18BrNOS. The van der Waals surface area contributed by atoms with E-state index < -0.39 is 0 Å². The predicted molar refractivity (Wildman–Crippen MR) is 88.1 cm³/mol. The number of rotatable bonds is 6. The van der Waals surface area contributed by atoms with Crippen molar-refractivity contribution in [2.75, 3.05) is 0 Å². The van der Waals surface area contributed by atoms with Gasteiger partial charge >= 0.3 is 0 Å². The first-order valence-corrected chi connectivity index (χ1v) is 8.42. The van der Waals surface area contributed by atoms with Gasteiger partial charge in [0.2, 0.25) is 5.91 Å². The van der Waals surface area contributed by atoms with Crippen LogP contribution in [0.15, 0.2) is 45.6 Å². The molecule has 1 atom stereocenters. The highest BCUT2D eigenvalue weighted by Crippen LogP contribution is 2.12. The summed E-state index contributed by atoms with van der Waals surface area (Å²) in [4.78, 5) is 11.9. The summed E-state index contributed by atoms with van der Waals surface area (Å²) in [6, 6.07) is 10.5. The summed E-state index contributed by atoms with van der Waals surface area (Å²) in [5, 5.41) is 7.20. The van der Waals surface area contributed by atoms with Crippen molar-refractivity contribution in [1.82, 2.24) is 5.32 Å². The lowest BCUT2D eigenvalue weighted by molar-refractivity contribution is -0.121. The Hall–Kier alpha value is -1.13. The van der Waals surface area contributed by atoms with Crippen molar-refractivity contribution in [1.29, 1.82) is 0 Å². The van der Waals surface area contributed by atoms with Crippen LogP contribution in [0.25, 0.3) is 0 Å². The quantitative estimate of drug-likeness (QED) is 0.830. The van der Waals surface area contributed by atoms with Crippen LogP contribution >= 0.6 is 27.3 Å². The molecule has 4 heteroatoms.